The fourth-order valence-electron chi connectivity index (χ4n) is 3.19. The molecule has 138 valence electrons. The Balaban J connectivity index is 1.58. The zero-order chi connectivity index (χ0) is 18.5. The average molecular weight is 357 g/mol. The molecule has 0 bridgehead atoms. The maximum absolute atomic E-state index is 13.5. The van der Waals surface area contributed by atoms with Crippen LogP contribution in [0.25, 0.3) is 0 Å². The number of methoxy groups -OCH3 is 1. The minimum absolute atomic E-state index is 0.0385. The van der Waals surface area contributed by atoms with Gasteiger partial charge in [-0.3, -0.25) is 9.69 Å². The Morgan fingerprint density at radius 1 is 1.12 bits per heavy atom. The number of hydrogen-bond acceptors (Lipinski definition) is 4. The first-order valence-electron chi connectivity index (χ1n) is 8.73. The molecule has 1 fully saturated rings. The molecule has 2 aromatic carbocycles. The summed E-state index contributed by atoms with van der Waals surface area (Å²) >= 11 is 0. The van der Waals surface area contributed by atoms with Crippen LogP contribution in [0.15, 0.2) is 42.5 Å². The second-order valence-corrected chi connectivity index (χ2v) is 6.43. The third kappa shape index (κ3) is 4.20. The predicted octanol–water partition coefficient (Wildman–Crippen LogP) is 2.25. The fourth-order valence-corrected chi connectivity index (χ4v) is 3.19. The van der Waals surface area contributed by atoms with Crippen LogP contribution in [-0.4, -0.2) is 49.0 Å². The molecule has 0 unspecified atom stereocenters. The molecule has 0 radical (unpaired) electrons. The molecule has 1 aliphatic heterocycles. The third-order valence-corrected chi connectivity index (χ3v) is 4.73. The van der Waals surface area contributed by atoms with Crippen LogP contribution in [0.2, 0.25) is 0 Å². The topological polar surface area (TPSA) is 58.8 Å². The number of hydrogen-bond donors (Lipinski definition) is 1. The van der Waals surface area contributed by atoms with Crippen molar-refractivity contribution < 1.29 is 13.9 Å². The monoisotopic (exact) mass is 357 g/mol. The number of ether oxygens (including phenoxy) is 1. The first kappa shape index (κ1) is 18.4. The van der Waals surface area contributed by atoms with E-state index in [1.165, 1.54) is 12.1 Å². The second-order valence-electron chi connectivity index (χ2n) is 6.43. The average Bonchev–Trinajstić information content (AvgIpc) is 2.68. The molecule has 1 aliphatic rings. The number of rotatable bonds is 5. The summed E-state index contributed by atoms with van der Waals surface area (Å²) in [4.78, 5) is 16.7. The molecule has 5 nitrogen and oxygen atoms in total. The highest BCUT2D eigenvalue weighted by molar-refractivity contribution is 5.94. The molecule has 0 saturated carbocycles. The van der Waals surface area contributed by atoms with Gasteiger partial charge in [-0.25, -0.2) is 4.39 Å². The number of amides is 1. The van der Waals surface area contributed by atoms with E-state index < -0.39 is 0 Å². The maximum atomic E-state index is 13.5. The van der Waals surface area contributed by atoms with Crippen LogP contribution in [0, 0.1) is 5.82 Å². The maximum Gasteiger partial charge on any atom is 0.253 e. The molecule has 1 amide bonds. The Labute approximate surface area is 153 Å². The van der Waals surface area contributed by atoms with E-state index in [1.54, 1.807) is 13.2 Å². The minimum Gasteiger partial charge on any atom is -0.496 e. The number of piperazine rings is 1. The highest BCUT2D eigenvalue weighted by Crippen LogP contribution is 2.22. The van der Waals surface area contributed by atoms with E-state index in [1.807, 2.05) is 29.2 Å². The summed E-state index contributed by atoms with van der Waals surface area (Å²) in [7, 11) is 1.59. The van der Waals surface area contributed by atoms with Gasteiger partial charge in [0.15, 0.2) is 0 Å². The van der Waals surface area contributed by atoms with E-state index in [4.69, 9.17) is 10.5 Å². The Kier molecular flexibility index (Phi) is 5.85. The van der Waals surface area contributed by atoms with E-state index >= 15 is 0 Å². The van der Waals surface area contributed by atoms with Gasteiger partial charge in [-0.2, -0.15) is 0 Å². The lowest BCUT2D eigenvalue weighted by Gasteiger charge is -2.35. The molecule has 1 heterocycles. The number of benzene rings is 2. The molecule has 0 atom stereocenters. The SMILES string of the molecule is COc1ccc(F)cc1CN1CCN(C(=O)c2ccc(CN)cc2)CC1. The van der Waals surface area contributed by atoms with Crippen LogP contribution in [0.3, 0.4) is 0 Å². The molecule has 0 aliphatic carbocycles. The smallest absolute Gasteiger partial charge is 0.253 e. The van der Waals surface area contributed by atoms with Gasteiger partial charge in [-0.15, -0.1) is 0 Å². The van der Waals surface area contributed by atoms with Crippen molar-refractivity contribution in [2.45, 2.75) is 13.1 Å². The van der Waals surface area contributed by atoms with Crippen LogP contribution in [-0.2, 0) is 13.1 Å². The molecule has 1 saturated heterocycles. The predicted molar refractivity (Wildman–Crippen MR) is 98.5 cm³/mol. The molecular weight excluding hydrogens is 333 g/mol. The van der Waals surface area contributed by atoms with Crippen molar-refractivity contribution in [1.82, 2.24) is 9.80 Å². The van der Waals surface area contributed by atoms with Gasteiger partial charge >= 0.3 is 0 Å². The Morgan fingerprint density at radius 2 is 1.81 bits per heavy atom. The Hall–Kier alpha value is -2.44. The lowest BCUT2D eigenvalue weighted by molar-refractivity contribution is 0.0627. The number of nitrogens with two attached hydrogens (primary N) is 1. The van der Waals surface area contributed by atoms with Gasteiger partial charge in [0.2, 0.25) is 0 Å². The molecular formula is C20H24FN3O2. The lowest BCUT2D eigenvalue weighted by Crippen LogP contribution is -2.48. The Morgan fingerprint density at radius 3 is 2.42 bits per heavy atom. The summed E-state index contributed by atoms with van der Waals surface area (Å²) in [5.41, 5.74) is 8.11. The van der Waals surface area contributed by atoms with Crippen molar-refractivity contribution >= 4 is 5.91 Å². The summed E-state index contributed by atoms with van der Waals surface area (Å²) in [6, 6.07) is 12.0. The molecule has 0 spiro atoms. The van der Waals surface area contributed by atoms with Gasteiger partial charge in [0, 0.05) is 50.4 Å². The minimum atomic E-state index is -0.268. The van der Waals surface area contributed by atoms with E-state index in [9.17, 15) is 9.18 Å². The van der Waals surface area contributed by atoms with Crippen LogP contribution in [0.1, 0.15) is 21.5 Å². The third-order valence-electron chi connectivity index (χ3n) is 4.73. The summed E-state index contributed by atoms with van der Waals surface area (Å²) in [6.45, 7) is 3.85. The normalized spacial score (nSPS) is 15.1. The number of carbonyl (C=O) groups excluding carboxylic acids is 1. The van der Waals surface area contributed by atoms with Crippen molar-refractivity contribution in [2.75, 3.05) is 33.3 Å². The molecule has 26 heavy (non-hydrogen) atoms. The van der Waals surface area contributed by atoms with Crippen molar-refractivity contribution in [1.29, 1.82) is 0 Å². The first-order chi connectivity index (χ1) is 12.6. The van der Waals surface area contributed by atoms with Crippen LogP contribution in [0.5, 0.6) is 5.75 Å². The summed E-state index contributed by atoms with van der Waals surface area (Å²) in [5, 5.41) is 0. The van der Waals surface area contributed by atoms with Crippen LogP contribution >= 0.6 is 0 Å². The van der Waals surface area contributed by atoms with Crippen molar-refractivity contribution in [2.24, 2.45) is 5.73 Å². The van der Waals surface area contributed by atoms with Gasteiger partial charge in [0.25, 0.3) is 5.91 Å². The van der Waals surface area contributed by atoms with Gasteiger partial charge in [-0.05, 0) is 35.9 Å². The standard InChI is InChI=1S/C20H24FN3O2/c1-26-19-7-6-18(21)12-17(19)14-23-8-10-24(11-9-23)20(25)16-4-2-15(13-22)3-5-16/h2-7,12H,8-11,13-14,22H2,1H3. The number of nitrogens with zero attached hydrogens (tertiary/aromatic N) is 2. The largest absolute Gasteiger partial charge is 0.496 e. The highest BCUT2D eigenvalue weighted by Gasteiger charge is 2.22. The summed E-state index contributed by atoms with van der Waals surface area (Å²) in [6.07, 6.45) is 0. The zero-order valence-electron chi connectivity index (χ0n) is 15.0. The first-order valence-corrected chi connectivity index (χ1v) is 8.73. The number of carbonyl (C=O) groups is 1. The quantitative estimate of drug-likeness (QED) is 0.892. The van der Waals surface area contributed by atoms with Crippen molar-refractivity contribution in [3.8, 4) is 5.75 Å². The molecule has 3 rings (SSSR count). The second kappa shape index (κ2) is 8.29. The summed E-state index contributed by atoms with van der Waals surface area (Å²) < 4.78 is 18.8. The van der Waals surface area contributed by atoms with Gasteiger partial charge in [0.05, 0.1) is 7.11 Å². The molecule has 0 aromatic heterocycles. The van der Waals surface area contributed by atoms with Gasteiger partial charge < -0.3 is 15.4 Å². The van der Waals surface area contributed by atoms with E-state index in [0.29, 0.717) is 37.5 Å². The van der Waals surface area contributed by atoms with E-state index in [0.717, 1.165) is 24.2 Å². The molecule has 6 heteroatoms. The van der Waals surface area contributed by atoms with Crippen LogP contribution < -0.4 is 10.5 Å². The van der Waals surface area contributed by atoms with Gasteiger partial charge in [0.1, 0.15) is 11.6 Å². The molecule has 2 N–H and O–H groups in total. The Bertz CT molecular complexity index is 756. The zero-order valence-corrected chi connectivity index (χ0v) is 15.0. The van der Waals surface area contributed by atoms with Crippen molar-refractivity contribution in [3.05, 3.63) is 65.0 Å². The number of halogens is 1. The van der Waals surface area contributed by atoms with E-state index in [-0.39, 0.29) is 11.7 Å². The van der Waals surface area contributed by atoms with Crippen molar-refractivity contribution in [3.63, 3.8) is 0 Å². The van der Waals surface area contributed by atoms with E-state index in [2.05, 4.69) is 4.90 Å². The fraction of sp³-hybridized carbons (Fsp3) is 0.350. The highest BCUT2D eigenvalue weighted by atomic mass is 19.1. The van der Waals surface area contributed by atoms with Gasteiger partial charge in [-0.1, -0.05) is 12.1 Å². The van der Waals surface area contributed by atoms with Crippen LogP contribution in [0.4, 0.5) is 4.39 Å². The lowest BCUT2D eigenvalue weighted by atomic mass is 10.1. The molecule has 2 aromatic rings. The summed E-state index contributed by atoms with van der Waals surface area (Å²) in [5.74, 6) is 0.456.